The fourth-order valence-electron chi connectivity index (χ4n) is 3.83. The van der Waals surface area contributed by atoms with Gasteiger partial charge >= 0.3 is 0 Å². The Morgan fingerprint density at radius 3 is 2.92 bits per heavy atom. The van der Waals surface area contributed by atoms with Gasteiger partial charge in [0.2, 0.25) is 18.3 Å². The number of carbonyl (C=O) groups excluding carboxylic acids is 1. The summed E-state index contributed by atoms with van der Waals surface area (Å²) >= 11 is 0. The van der Waals surface area contributed by atoms with Crippen molar-refractivity contribution in [3.8, 4) is 17.2 Å². The van der Waals surface area contributed by atoms with Crippen molar-refractivity contribution in [2.75, 3.05) is 34.5 Å². The van der Waals surface area contributed by atoms with Crippen LogP contribution in [0.25, 0.3) is 0 Å². The maximum Gasteiger partial charge on any atom is 0.231 e. The lowest BCUT2D eigenvalue weighted by Gasteiger charge is -2.43. The zero-order chi connectivity index (χ0) is 17.6. The van der Waals surface area contributed by atoms with Crippen molar-refractivity contribution in [1.82, 2.24) is 0 Å². The lowest BCUT2D eigenvalue weighted by molar-refractivity contribution is -0.922. The van der Waals surface area contributed by atoms with Gasteiger partial charge in [0, 0.05) is 6.42 Å². The molecule has 0 bridgehead atoms. The molecular formula is C19H22NO5+. The third-order valence-corrected chi connectivity index (χ3v) is 5.26. The van der Waals surface area contributed by atoms with Crippen LogP contribution in [0.1, 0.15) is 34.1 Å². The van der Waals surface area contributed by atoms with E-state index in [4.69, 9.17) is 18.6 Å². The second kappa shape index (κ2) is 5.81. The van der Waals surface area contributed by atoms with Crippen LogP contribution in [0.2, 0.25) is 0 Å². The van der Waals surface area contributed by atoms with Gasteiger partial charge < -0.3 is 23.1 Å². The topological polar surface area (TPSA) is 57.9 Å². The summed E-state index contributed by atoms with van der Waals surface area (Å²) in [6.45, 7) is 1.13. The van der Waals surface area contributed by atoms with Crippen molar-refractivity contribution in [3.05, 3.63) is 41.3 Å². The highest BCUT2D eigenvalue weighted by Gasteiger charge is 2.42. The maximum atomic E-state index is 12.7. The first-order valence-corrected chi connectivity index (χ1v) is 8.40. The van der Waals surface area contributed by atoms with Crippen molar-refractivity contribution in [2.24, 2.45) is 0 Å². The van der Waals surface area contributed by atoms with Gasteiger partial charge in [-0.2, -0.15) is 0 Å². The van der Waals surface area contributed by atoms with E-state index in [0.717, 1.165) is 29.8 Å². The Morgan fingerprint density at radius 2 is 2.20 bits per heavy atom. The Morgan fingerprint density at radius 1 is 1.36 bits per heavy atom. The van der Waals surface area contributed by atoms with Gasteiger partial charge in [-0.25, -0.2) is 0 Å². The Labute approximate surface area is 146 Å². The first-order chi connectivity index (χ1) is 12.0. The lowest BCUT2D eigenvalue weighted by Crippen LogP contribution is -2.48. The number of furan rings is 1. The molecule has 1 unspecified atom stereocenters. The van der Waals surface area contributed by atoms with Crippen LogP contribution in [-0.2, 0) is 6.42 Å². The minimum Gasteiger partial charge on any atom is -0.492 e. The highest BCUT2D eigenvalue weighted by atomic mass is 16.7. The number of ether oxygens (including phenoxy) is 3. The molecule has 1 aromatic heterocycles. The van der Waals surface area contributed by atoms with Gasteiger partial charge in [-0.15, -0.1) is 0 Å². The lowest BCUT2D eigenvalue weighted by atomic mass is 9.86. The minimum atomic E-state index is -0.0363. The summed E-state index contributed by atoms with van der Waals surface area (Å²) in [5, 5.41) is 0. The summed E-state index contributed by atoms with van der Waals surface area (Å²) in [5.41, 5.74) is 2.21. The molecule has 6 nitrogen and oxygen atoms in total. The number of methoxy groups -OCH3 is 1. The molecule has 0 saturated heterocycles. The molecule has 3 heterocycles. The van der Waals surface area contributed by atoms with Crippen molar-refractivity contribution in [3.63, 3.8) is 0 Å². The molecule has 0 saturated carbocycles. The van der Waals surface area contributed by atoms with Gasteiger partial charge in [-0.1, -0.05) is 0 Å². The molecule has 132 valence electrons. The molecule has 4 rings (SSSR count). The highest BCUT2D eigenvalue weighted by Crippen LogP contribution is 2.51. The Hall–Kier alpha value is -2.47. The van der Waals surface area contributed by atoms with E-state index in [1.54, 1.807) is 19.2 Å². The summed E-state index contributed by atoms with van der Waals surface area (Å²) in [5.74, 6) is 2.44. The third kappa shape index (κ3) is 2.57. The monoisotopic (exact) mass is 344 g/mol. The van der Waals surface area contributed by atoms with Gasteiger partial charge in [0.15, 0.2) is 17.3 Å². The fraction of sp³-hybridized carbons (Fsp3) is 0.421. The number of benzene rings is 1. The van der Waals surface area contributed by atoms with E-state index in [0.29, 0.717) is 28.2 Å². The van der Waals surface area contributed by atoms with Crippen molar-refractivity contribution >= 4 is 5.78 Å². The van der Waals surface area contributed by atoms with Crippen LogP contribution in [0.5, 0.6) is 17.2 Å². The van der Waals surface area contributed by atoms with Crippen LogP contribution < -0.4 is 14.2 Å². The normalized spacial score (nSPS) is 20.2. The SMILES string of the molecule is COc1c2c(cc3c1C(CC(=O)c1ccco1)[N+](C)(C)CC3)OCO2. The molecule has 0 aliphatic carbocycles. The number of Topliss-reactive ketones (excluding diaryl/α,β-unsaturated/α-hetero) is 1. The van der Waals surface area contributed by atoms with Crippen molar-refractivity contribution in [1.29, 1.82) is 0 Å². The molecule has 1 aromatic carbocycles. The fourth-order valence-corrected chi connectivity index (χ4v) is 3.83. The van der Waals surface area contributed by atoms with Crippen LogP contribution in [-0.4, -0.2) is 44.8 Å². The number of hydrogen-bond acceptors (Lipinski definition) is 5. The molecule has 1 atom stereocenters. The number of fused-ring (bicyclic) bond motifs is 2. The number of quaternary nitrogens is 1. The second-order valence-corrected chi connectivity index (χ2v) is 7.09. The molecule has 2 aliphatic heterocycles. The largest absolute Gasteiger partial charge is 0.492 e. The van der Waals surface area contributed by atoms with Gasteiger partial charge in [0.25, 0.3) is 0 Å². The molecule has 2 aliphatic rings. The quantitative estimate of drug-likeness (QED) is 0.630. The van der Waals surface area contributed by atoms with Crippen molar-refractivity contribution in [2.45, 2.75) is 18.9 Å². The average Bonchev–Trinajstić information content (AvgIpc) is 3.26. The summed E-state index contributed by atoms with van der Waals surface area (Å²) in [6.07, 6.45) is 2.78. The van der Waals surface area contributed by atoms with Crippen LogP contribution >= 0.6 is 0 Å². The van der Waals surface area contributed by atoms with E-state index in [1.807, 2.05) is 6.07 Å². The van der Waals surface area contributed by atoms with Gasteiger partial charge in [-0.05, 0) is 23.8 Å². The summed E-state index contributed by atoms with van der Waals surface area (Å²) in [6, 6.07) is 5.44. The Kier molecular flexibility index (Phi) is 3.72. The summed E-state index contributed by atoms with van der Waals surface area (Å²) < 4.78 is 22.9. The first kappa shape index (κ1) is 16.0. The molecule has 2 aromatic rings. The second-order valence-electron chi connectivity index (χ2n) is 7.09. The van der Waals surface area contributed by atoms with E-state index in [1.165, 1.54) is 6.26 Å². The van der Waals surface area contributed by atoms with E-state index in [9.17, 15) is 4.79 Å². The standard InChI is InChI=1S/C19H22NO5/c1-20(2)7-6-12-9-16-18(25-11-24-16)19(22-3)17(12)13(20)10-14(21)15-5-4-8-23-15/h4-5,8-9,13H,6-7,10-11H2,1-3H3/q+1. The molecule has 6 heteroatoms. The Balaban J connectivity index is 1.80. The van der Waals surface area contributed by atoms with E-state index in [-0.39, 0.29) is 18.6 Å². The number of carbonyl (C=O) groups is 1. The molecule has 25 heavy (non-hydrogen) atoms. The minimum absolute atomic E-state index is 0.00577. The average molecular weight is 344 g/mol. The van der Waals surface area contributed by atoms with Crippen LogP contribution in [0.15, 0.2) is 28.9 Å². The molecule has 0 N–H and O–H groups in total. The van der Waals surface area contributed by atoms with Gasteiger partial charge in [0.1, 0.15) is 6.04 Å². The summed E-state index contributed by atoms with van der Waals surface area (Å²) in [7, 11) is 5.93. The van der Waals surface area contributed by atoms with Gasteiger partial charge in [0.05, 0.1) is 46.0 Å². The number of nitrogens with zero attached hydrogens (tertiary/aromatic N) is 1. The predicted octanol–water partition coefficient (Wildman–Crippen LogP) is 2.96. The van der Waals surface area contributed by atoms with Gasteiger partial charge in [-0.3, -0.25) is 4.79 Å². The van der Waals surface area contributed by atoms with Crippen LogP contribution in [0, 0.1) is 0 Å². The number of rotatable bonds is 4. The number of ketones is 1. The molecule has 0 spiro atoms. The number of likely N-dealkylation sites (N-methyl/N-ethyl adjacent to an activating group) is 1. The van der Waals surface area contributed by atoms with E-state index >= 15 is 0 Å². The molecule has 0 radical (unpaired) electrons. The van der Waals surface area contributed by atoms with Crippen LogP contribution in [0.3, 0.4) is 0 Å². The molecular weight excluding hydrogens is 322 g/mol. The number of hydrogen-bond donors (Lipinski definition) is 0. The Bertz CT molecular complexity index is 810. The first-order valence-electron chi connectivity index (χ1n) is 8.40. The predicted molar refractivity (Wildman–Crippen MR) is 90.2 cm³/mol. The van der Waals surface area contributed by atoms with Crippen LogP contribution in [0.4, 0.5) is 0 Å². The summed E-state index contributed by atoms with van der Waals surface area (Å²) in [4.78, 5) is 12.7. The zero-order valence-electron chi connectivity index (χ0n) is 14.7. The highest BCUT2D eigenvalue weighted by molar-refractivity contribution is 5.94. The van der Waals surface area contributed by atoms with E-state index < -0.39 is 0 Å². The van der Waals surface area contributed by atoms with Crippen molar-refractivity contribution < 1.29 is 27.9 Å². The zero-order valence-corrected chi connectivity index (χ0v) is 14.7. The molecule has 0 amide bonds. The third-order valence-electron chi connectivity index (χ3n) is 5.26. The maximum absolute atomic E-state index is 12.7. The molecule has 0 fully saturated rings. The smallest absolute Gasteiger partial charge is 0.231 e. The van der Waals surface area contributed by atoms with E-state index in [2.05, 4.69) is 14.1 Å².